The Morgan fingerprint density at radius 3 is 1.29 bits per heavy atom. The molecule has 0 radical (unpaired) electrons. The van der Waals surface area contributed by atoms with E-state index in [2.05, 4.69) is 150 Å². The van der Waals surface area contributed by atoms with Gasteiger partial charge in [-0.2, -0.15) is 9.97 Å². The quantitative estimate of drug-likeness (QED) is 0.170. The molecule has 0 aliphatic rings. The van der Waals surface area contributed by atoms with E-state index < -0.39 is 8.29 Å². The first-order valence-electron chi connectivity index (χ1n) is 19.0. The van der Waals surface area contributed by atoms with Gasteiger partial charge in [0.25, 0.3) is 0 Å². The molecule has 0 amide bonds. The van der Waals surface area contributed by atoms with Crippen LogP contribution in [-0.2, 0) is 0 Å². The Labute approximate surface area is 326 Å². The van der Waals surface area contributed by atoms with Crippen LogP contribution < -0.4 is 0 Å². The molecule has 0 aliphatic heterocycles. The number of aromatic nitrogens is 5. The molecule has 0 fully saturated rings. The summed E-state index contributed by atoms with van der Waals surface area (Å²) in [4.78, 5) is 16.7. The lowest BCUT2D eigenvalue weighted by atomic mass is 10.0. The third-order valence-corrected chi connectivity index (χ3v) is 13.5. The van der Waals surface area contributed by atoms with Gasteiger partial charge in [-0.3, -0.25) is 12.9 Å². The molecule has 0 bridgehead atoms. The first-order valence-corrected chi connectivity index (χ1v) is 23.4. The standard InChI is InChI=1S/C50H43N5S/c1-56(2,3,4,5)39-28-26-38(27-29-39)54-44-22-14-12-20-40(44)42-30-24-36(32-46(42)54)37-25-31-43-41-21-13-15-23-45(41)55(47(43)33-37)50-52-48(34-16-8-6-9-17-34)51-49(53-50)35-18-10-7-11-19-35/h6-33H,1-5H3. The minimum Gasteiger partial charge on any atom is -0.309 e. The molecule has 6 heteroatoms. The Morgan fingerprint density at radius 2 is 0.786 bits per heavy atom. The number of para-hydroxylation sites is 2. The van der Waals surface area contributed by atoms with Crippen LogP contribution in [0.15, 0.2) is 175 Å². The molecule has 3 aromatic heterocycles. The number of hydrogen-bond donors (Lipinski definition) is 0. The van der Waals surface area contributed by atoms with Crippen molar-refractivity contribution in [2.24, 2.45) is 0 Å². The van der Waals surface area contributed by atoms with Gasteiger partial charge in [0, 0.05) is 38.4 Å². The van der Waals surface area contributed by atoms with E-state index in [9.17, 15) is 0 Å². The van der Waals surface area contributed by atoms with Crippen molar-refractivity contribution in [1.82, 2.24) is 24.1 Å². The Bertz CT molecular complexity index is 3080. The zero-order chi connectivity index (χ0) is 38.3. The summed E-state index contributed by atoms with van der Waals surface area (Å²) in [6.07, 6.45) is 12.1. The highest BCUT2D eigenvalue weighted by molar-refractivity contribution is 8.62. The van der Waals surface area contributed by atoms with Crippen molar-refractivity contribution < 1.29 is 0 Å². The minimum absolute atomic E-state index is 0.584. The SMILES string of the molecule is CS(C)(C)(C)(C)c1ccc(-n2c3ccccc3c3ccc(-c4ccc5c6ccccc6n(-c6nc(-c7ccccc7)nc(-c7ccccc7)n6)c5c4)cc32)cc1. The Kier molecular flexibility index (Phi) is 7.14. The van der Waals surface area contributed by atoms with Crippen molar-refractivity contribution in [3.8, 4) is 45.5 Å². The number of rotatable bonds is 6. The van der Waals surface area contributed by atoms with Crippen LogP contribution in [0.25, 0.3) is 89.2 Å². The fourth-order valence-corrected chi connectivity index (χ4v) is 9.46. The van der Waals surface area contributed by atoms with Crippen molar-refractivity contribution in [3.63, 3.8) is 0 Å². The summed E-state index contributed by atoms with van der Waals surface area (Å²) < 4.78 is 4.62. The van der Waals surface area contributed by atoms with Crippen LogP contribution in [0.1, 0.15) is 0 Å². The van der Waals surface area contributed by atoms with Gasteiger partial charge in [0.15, 0.2) is 11.6 Å². The Balaban J connectivity index is 1.18. The van der Waals surface area contributed by atoms with E-state index in [1.165, 1.54) is 26.7 Å². The highest BCUT2D eigenvalue weighted by Crippen LogP contribution is 2.81. The lowest BCUT2D eigenvalue weighted by molar-refractivity contribution is 0.953. The van der Waals surface area contributed by atoms with Gasteiger partial charge in [-0.15, -0.1) is 0 Å². The van der Waals surface area contributed by atoms with Gasteiger partial charge in [-0.05, 0) is 95.8 Å². The van der Waals surface area contributed by atoms with Gasteiger partial charge in [-0.1, -0.05) is 121 Å². The van der Waals surface area contributed by atoms with E-state index in [4.69, 9.17) is 15.0 Å². The van der Waals surface area contributed by atoms with E-state index in [1.807, 2.05) is 60.7 Å². The molecule has 0 N–H and O–H groups in total. The maximum atomic E-state index is 5.15. The second-order valence-corrected chi connectivity index (χ2v) is 28.5. The van der Waals surface area contributed by atoms with Crippen LogP contribution in [0.2, 0.25) is 0 Å². The minimum atomic E-state index is -2.35. The van der Waals surface area contributed by atoms with E-state index in [1.54, 1.807) is 0 Å². The van der Waals surface area contributed by atoms with Gasteiger partial charge >= 0.3 is 0 Å². The fraction of sp³-hybridized carbons (Fsp3) is 0.100. The average Bonchev–Trinajstić information content (AvgIpc) is 3.73. The van der Waals surface area contributed by atoms with Crippen molar-refractivity contribution in [3.05, 3.63) is 170 Å². The normalized spacial score (nSPS) is 13.4. The molecular weight excluding hydrogens is 703 g/mol. The maximum absolute atomic E-state index is 5.15. The van der Waals surface area contributed by atoms with Crippen molar-refractivity contribution in [2.75, 3.05) is 31.3 Å². The number of fused-ring (bicyclic) bond motifs is 6. The van der Waals surface area contributed by atoms with E-state index in [0.29, 0.717) is 17.6 Å². The molecule has 0 atom stereocenters. The summed E-state index contributed by atoms with van der Waals surface area (Å²) in [5.41, 5.74) is 9.77. The molecule has 0 aliphatic carbocycles. The third-order valence-electron chi connectivity index (χ3n) is 10.8. The smallest absolute Gasteiger partial charge is 0.238 e. The van der Waals surface area contributed by atoms with Crippen molar-refractivity contribution in [1.29, 1.82) is 0 Å². The molecule has 3 heterocycles. The summed E-state index contributed by atoms with van der Waals surface area (Å²) in [6.45, 7) is 0. The fourth-order valence-electron chi connectivity index (χ4n) is 7.97. The number of nitrogens with zero attached hydrogens (tertiary/aromatic N) is 5. The van der Waals surface area contributed by atoms with Gasteiger partial charge in [0.1, 0.15) is 0 Å². The lowest BCUT2D eigenvalue weighted by Gasteiger charge is -2.66. The van der Waals surface area contributed by atoms with Crippen LogP contribution in [0.4, 0.5) is 0 Å². The summed E-state index contributed by atoms with van der Waals surface area (Å²) in [7, 11) is -2.35. The zero-order valence-corrected chi connectivity index (χ0v) is 33.1. The first kappa shape index (κ1) is 34.0. The molecule has 0 spiro atoms. The highest BCUT2D eigenvalue weighted by atomic mass is 32.4. The largest absolute Gasteiger partial charge is 0.309 e. The third kappa shape index (κ3) is 5.76. The van der Waals surface area contributed by atoms with Crippen LogP contribution >= 0.6 is 8.29 Å². The van der Waals surface area contributed by atoms with Gasteiger partial charge in [0.05, 0.1) is 22.1 Å². The zero-order valence-electron chi connectivity index (χ0n) is 32.3. The highest BCUT2D eigenvalue weighted by Gasteiger charge is 2.38. The molecule has 0 saturated carbocycles. The molecule has 0 unspecified atom stereocenters. The first-order chi connectivity index (χ1) is 26.9. The van der Waals surface area contributed by atoms with Gasteiger partial charge < -0.3 is 4.57 Å². The Morgan fingerprint density at radius 1 is 0.357 bits per heavy atom. The van der Waals surface area contributed by atoms with Crippen LogP contribution in [-0.4, -0.2) is 55.4 Å². The molecular formula is C50H43N5S. The van der Waals surface area contributed by atoms with Gasteiger partial charge in [-0.25, -0.2) is 4.98 Å². The summed E-state index contributed by atoms with van der Waals surface area (Å²) >= 11 is 0. The second-order valence-electron chi connectivity index (χ2n) is 17.8. The van der Waals surface area contributed by atoms with Crippen LogP contribution in [0, 0.1) is 0 Å². The topological polar surface area (TPSA) is 48.5 Å². The van der Waals surface area contributed by atoms with E-state index >= 15 is 0 Å². The van der Waals surface area contributed by atoms with E-state index in [-0.39, 0.29) is 0 Å². The second kappa shape index (κ2) is 11.8. The monoisotopic (exact) mass is 745 g/mol. The number of benzene rings is 7. The van der Waals surface area contributed by atoms with E-state index in [0.717, 1.165) is 49.7 Å². The van der Waals surface area contributed by atoms with Crippen LogP contribution in [0.5, 0.6) is 0 Å². The molecule has 10 rings (SSSR count). The summed E-state index contributed by atoms with van der Waals surface area (Å²) in [5.74, 6) is 1.85. The average molecular weight is 746 g/mol. The number of hydrogen-bond acceptors (Lipinski definition) is 3. The molecule has 5 nitrogen and oxygen atoms in total. The molecule has 274 valence electrons. The molecule has 10 aromatic rings. The van der Waals surface area contributed by atoms with Gasteiger partial charge in [0.2, 0.25) is 5.95 Å². The van der Waals surface area contributed by atoms with Crippen molar-refractivity contribution in [2.45, 2.75) is 4.90 Å². The molecule has 0 saturated heterocycles. The van der Waals surface area contributed by atoms with Crippen molar-refractivity contribution >= 4 is 51.9 Å². The predicted molar refractivity (Wildman–Crippen MR) is 240 cm³/mol. The maximum Gasteiger partial charge on any atom is 0.238 e. The summed E-state index contributed by atoms with van der Waals surface area (Å²) in [5, 5.41) is 4.77. The molecule has 56 heavy (non-hydrogen) atoms. The summed E-state index contributed by atoms with van der Waals surface area (Å²) in [6, 6.07) is 60.5. The lowest BCUT2D eigenvalue weighted by Crippen LogP contribution is -2.29. The Hall–Kier alpha value is -6.50. The molecule has 7 aromatic carbocycles. The van der Waals surface area contributed by atoms with Crippen LogP contribution in [0.3, 0.4) is 0 Å². The predicted octanol–water partition coefficient (Wildman–Crippen LogP) is 12.5.